The van der Waals surface area contributed by atoms with Crippen molar-refractivity contribution in [1.29, 1.82) is 0 Å². The van der Waals surface area contributed by atoms with E-state index in [1.54, 1.807) is 18.2 Å². The summed E-state index contributed by atoms with van der Waals surface area (Å²) < 4.78 is 5.22. The van der Waals surface area contributed by atoms with Crippen LogP contribution in [0, 0.1) is 0 Å². The fourth-order valence-electron chi connectivity index (χ4n) is 3.08. The summed E-state index contributed by atoms with van der Waals surface area (Å²) in [6.45, 7) is 0. The van der Waals surface area contributed by atoms with Gasteiger partial charge in [-0.2, -0.15) is 0 Å². The average molecular weight is 448 g/mol. The van der Waals surface area contributed by atoms with E-state index in [-0.39, 0.29) is 17.3 Å². The van der Waals surface area contributed by atoms with Gasteiger partial charge in [0.05, 0.1) is 28.9 Å². The lowest BCUT2D eigenvalue weighted by molar-refractivity contribution is -0.132. The molecule has 4 aromatic rings. The van der Waals surface area contributed by atoms with Gasteiger partial charge in [-0.15, -0.1) is 0 Å². The van der Waals surface area contributed by atoms with Gasteiger partial charge in [0.15, 0.2) is 5.82 Å². The molecule has 0 bridgehead atoms. The average Bonchev–Trinajstić information content (AvgIpc) is 3.30. The molecule has 0 atom stereocenters. The highest BCUT2D eigenvalue weighted by Gasteiger charge is 2.16. The number of carbonyl (C=O) groups is 1. The number of rotatable bonds is 7. The maximum absolute atomic E-state index is 11.8. The highest BCUT2D eigenvalue weighted by molar-refractivity contribution is 6.33. The number of aromatic hydroxyl groups is 1. The number of anilines is 1. The van der Waals surface area contributed by atoms with Gasteiger partial charge in [-0.05, 0) is 35.9 Å². The Kier molecular flexibility index (Phi) is 6.19. The van der Waals surface area contributed by atoms with E-state index in [0.29, 0.717) is 34.2 Å². The molecule has 2 aromatic carbocycles. The number of furan rings is 1. The fraction of sp³-hybridized carbons (Fsp3) is 0.0417. The molecule has 0 unspecified atom stereocenters. The zero-order valence-corrected chi connectivity index (χ0v) is 17.5. The van der Waals surface area contributed by atoms with Crippen molar-refractivity contribution in [3.05, 3.63) is 101 Å². The molecule has 160 valence electrons. The maximum Gasteiger partial charge on any atom is 0.352 e. The molecule has 2 aromatic heterocycles. The van der Waals surface area contributed by atoms with Crippen molar-refractivity contribution in [2.24, 2.45) is 0 Å². The van der Waals surface area contributed by atoms with Gasteiger partial charge in [0.2, 0.25) is 0 Å². The topological polar surface area (TPSA) is 108 Å². The third kappa shape index (κ3) is 4.96. The molecule has 0 radical (unpaired) electrons. The predicted molar refractivity (Wildman–Crippen MR) is 121 cm³/mol. The van der Waals surface area contributed by atoms with Crippen molar-refractivity contribution < 1.29 is 19.4 Å². The van der Waals surface area contributed by atoms with Crippen LogP contribution < -0.4 is 5.32 Å². The summed E-state index contributed by atoms with van der Waals surface area (Å²) in [5.41, 5.74) is 2.33. The van der Waals surface area contributed by atoms with E-state index < -0.39 is 5.97 Å². The van der Waals surface area contributed by atoms with Crippen molar-refractivity contribution >= 4 is 29.5 Å². The summed E-state index contributed by atoms with van der Waals surface area (Å²) in [6.07, 6.45) is 4.70. The molecule has 7 nitrogen and oxygen atoms in total. The van der Waals surface area contributed by atoms with Crippen LogP contribution >= 0.6 is 11.6 Å². The van der Waals surface area contributed by atoms with Crippen molar-refractivity contribution in [1.82, 2.24) is 9.97 Å². The monoisotopic (exact) mass is 447 g/mol. The fourth-order valence-corrected chi connectivity index (χ4v) is 3.29. The molecule has 32 heavy (non-hydrogen) atoms. The number of nitrogens with one attached hydrogen (secondary N) is 1. The Morgan fingerprint density at radius 1 is 1.12 bits per heavy atom. The first-order valence-corrected chi connectivity index (χ1v) is 10.0. The van der Waals surface area contributed by atoms with Crippen molar-refractivity contribution in [2.45, 2.75) is 6.42 Å². The number of benzene rings is 2. The van der Waals surface area contributed by atoms with Crippen LogP contribution in [-0.4, -0.2) is 26.2 Å². The van der Waals surface area contributed by atoms with Gasteiger partial charge in [0, 0.05) is 18.1 Å². The van der Waals surface area contributed by atoms with Crippen LogP contribution in [0.2, 0.25) is 5.02 Å². The van der Waals surface area contributed by atoms with Crippen molar-refractivity contribution in [3.63, 3.8) is 0 Å². The van der Waals surface area contributed by atoms with Crippen molar-refractivity contribution in [2.75, 3.05) is 5.32 Å². The van der Waals surface area contributed by atoms with Gasteiger partial charge < -0.3 is 19.9 Å². The van der Waals surface area contributed by atoms with E-state index >= 15 is 0 Å². The lowest BCUT2D eigenvalue weighted by Gasteiger charge is -2.13. The van der Waals surface area contributed by atoms with Gasteiger partial charge in [0.1, 0.15) is 17.2 Å². The molecular formula is C24H18ClN3O4. The number of phenols is 1. The molecule has 3 N–H and O–H groups in total. The molecule has 0 aliphatic heterocycles. The minimum Gasteiger partial charge on any atom is -0.508 e. The smallest absolute Gasteiger partial charge is 0.352 e. The number of carboxylic acids is 1. The number of hydrogen-bond donors (Lipinski definition) is 3. The van der Waals surface area contributed by atoms with Crippen molar-refractivity contribution in [3.8, 4) is 17.0 Å². The molecule has 0 saturated heterocycles. The summed E-state index contributed by atoms with van der Waals surface area (Å²) in [5.74, 6) is -0.453. The van der Waals surface area contributed by atoms with E-state index in [1.165, 1.54) is 30.7 Å². The number of halogens is 1. The van der Waals surface area contributed by atoms with E-state index in [4.69, 9.17) is 16.0 Å². The molecule has 0 aliphatic carbocycles. The first-order valence-electron chi connectivity index (χ1n) is 9.64. The van der Waals surface area contributed by atoms with Gasteiger partial charge in [0.25, 0.3) is 0 Å². The van der Waals surface area contributed by atoms with Crippen LogP contribution in [0.15, 0.2) is 83.2 Å². The Bertz CT molecular complexity index is 1270. The Labute approximate surface area is 188 Å². The summed E-state index contributed by atoms with van der Waals surface area (Å²) in [4.78, 5) is 20.9. The van der Waals surface area contributed by atoms with Gasteiger partial charge >= 0.3 is 5.97 Å². The number of aliphatic carboxylic acids is 1. The lowest BCUT2D eigenvalue weighted by Crippen LogP contribution is -2.14. The molecule has 0 saturated carbocycles. The van der Waals surface area contributed by atoms with Crippen LogP contribution in [0.1, 0.15) is 17.0 Å². The van der Waals surface area contributed by atoms with E-state index in [0.717, 1.165) is 5.56 Å². The first kappa shape index (κ1) is 21.1. The van der Waals surface area contributed by atoms with Crippen LogP contribution in [0.5, 0.6) is 5.75 Å². The number of carboxylic acid groups (broad SMARTS) is 1. The Balaban J connectivity index is 1.77. The minimum absolute atomic E-state index is 0.0487. The van der Waals surface area contributed by atoms with E-state index in [9.17, 15) is 15.0 Å². The molecule has 0 amide bonds. The summed E-state index contributed by atoms with van der Waals surface area (Å²) in [7, 11) is 0. The molecule has 0 spiro atoms. The van der Waals surface area contributed by atoms with Crippen LogP contribution in [0.3, 0.4) is 0 Å². The minimum atomic E-state index is -1.17. The van der Waals surface area contributed by atoms with Crippen LogP contribution in [0.25, 0.3) is 17.3 Å². The van der Waals surface area contributed by atoms with Gasteiger partial charge in [-0.3, -0.25) is 0 Å². The van der Waals surface area contributed by atoms with E-state index in [1.807, 2.05) is 30.3 Å². The van der Waals surface area contributed by atoms with Crippen LogP contribution in [-0.2, 0) is 11.2 Å². The van der Waals surface area contributed by atoms with Gasteiger partial charge in [-0.25, -0.2) is 14.8 Å². The number of nitrogens with zero attached hydrogens (tertiary/aromatic N) is 2. The highest BCUT2D eigenvalue weighted by atomic mass is 35.5. The number of hydrogen-bond acceptors (Lipinski definition) is 6. The second-order valence-electron chi connectivity index (χ2n) is 6.88. The molecule has 4 rings (SSSR count). The highest BCUT2D eigenvalue weighted by Crippen LogP contribution is 2.31. The Morgan fingerprint density at radius 2 is 1.94 bits per heavy atom. The third-order valence-corrected chi connectivity index (χ3v) is 4.93. The largest absolute Gasteiger partial charge is 0.508 e. The zero-order valence-electron chi connectivity index (χ0n) is 16.7. The lowest BCUT2D eigenvalue weighted by atomic mass is 10.1. The number of aromatic nitrogens is 2. The normalized spacial score (nSPS) is 11.3. The summed E-state index contributed by atoms with van der Waals surface area (Å²) >= 11 is 6.30. The standard InChI is InChI=1S/C24H18ClN3O4/c25-19-9-8-16(29)12-18(19)22-14-26-23(20(27-22)11-15-5-2-1-3-6-15)28-21(24(30)31)13-17-7-4-10-32-17/h1-10,12-14,29H,11H2,(H,26,28)(H,30,31)/b21-13-. The van der Waals surface area contributed by atoms with Gasteiger partial charge in [-0.1, -0.05) is 41.9 Å². The second-order valence-corrected chi connectivity index (χ2v) is 7.29. The summed E-state index contributed by atoms with van der Waals surface area (Å²) in [6, 6.07) is 17.5. The second kappa shape index (κ2) is 9.36. The summed E-state index contributed by atoms with van der Waals surface area (Å²) in [5, 5.41) is 22.8. The molecule has 8 heteroatoms. The Hall–Kier alpha value is -4.10. The molecule has 0 aliphatic rings. The van der Waals surface area contributed by atoms with Crippen LogP contribution in [0.4, 0.5) is 5.82 Å². The predicted octanol–water partition coefficient (Wildman–Crippen LogP) is 5.22. The first-order chi connectivity index (χ1) is 15.5. The Morgan fingerprint density at radius 3 is 2.66 bits per heavy atom. The number of phenolic OH excluding ortho intramolecular Hbond substituents is 1. The SMILES string of the molecule is O=C(O)/C(=C/c1ccco1)Nc1ncc(-c2cc(O)ccc2Cl)nc1Cc1ccccc1. The molecular weight excluding hydrogens is 430 g/mol. The molecule has 0 fully saturated rings. The van der Waals surface area contributed by atoms with E-state index in [2.05, 4.69) is 15.3 Å². The molecule has 2 heterocycles. The maximum atomic E-state index is 11.8. The zero-order chi connectivity index (χ0) is 22.5. The third-order valence-electron chi connectivity index (χ3n) is 4.60. The quantitative estimate of drug-likeness (QED) is 0.333.